The average molecular weight is 344 g/mol. The lowest BCUT2D eigenvalue weighted by Crippen LogP contribution is -2.18. The van der Waals surface area contributed by atoms with Crippen LogP contribution in [-0.4, -0.2) is 32.5 Å². The van der Waals surface area contributed by atoms with E-state index in [0.29, 0.717) is 17.3 Å². The van der Waals surface area contributed by atoms with Crippen molar-refractivity contribution in [3.05, 3.63) is 48.8 Å². The van der Waals surface area contributed by atoms with Crippen LogP contribution < -0.4 is 14.8 Å². The highest BCUT2D eigenvalue weighted by Gasteiger charge is 2.12. The van der Waals surface area contributed by atoms with E-state index in [1.165, 1.54) is 19.4 Å². The van der Waals surface area contributed by atoms with Crippen molar-refractivity contribution in [2.45, 2.75) is 4.90 Å². The maximum atomic E-state index is 11.9. The summed E-state index contributed by atoms with van der Waals surface area (Å²) in [6.07, 6.45) is 1.45. The Morgan fingerprint density at radius 3 is 2.67 bits per heavy atom. The number of hydrogen-bond acceptors (Lipinski definition) is 6. The number of methoxy groups -OCH3 is 1. The maximum absolute atomic E-state index is 11.9. The molecule has 2 aromatic carbocycles. The van der Waals surface area contributed by atoms with Gasteiger partial charge in [0, 0.05) is 11.1 Å². The van der Waals surface area contributed by atoms with Gasteiger partial charge in [-0.25, -0.2) is 23.1 Å². The van der Waals surface area contributed by atoms with Crippen molar-refractivity contribution in [3.63, 3.8) is 0 Å². The minimum atomic E-state index is -3.51. The first-order valence-electron chi connectivity index (χ1n) is 7.13. The molecule has 0 spiro atoms. The summed E-state index contributed by atoms with van der Waals surface area (Å²) in [6, 6.07) is 12.0. The third-order valence-corrected chi connectivity index (χ3v) is 4.93. The van der Waals surface area contributed by atoms with Crippen molar-refractivity contribution < 1.29 is 13.2 Å². The molecule has 24 heavy (non-hydrogen) atoms. The van der Waals surface area contributed by atoms with Crippen LogP contribution >= 0.6 is 0 Å². The lowest BCUT2D eigenvalue weighted by atomic mass is 10.2. The largest absolute Gasteiger partial charge is 0.497 e. The van der Waals surface area contributed by atoms with Crippen molar-refractivity contribution in [2.75, 3.05) is 19.5 Å². The average Bonchev–Trinajstić information content (AvgIpc) is 2.62. The smallest absolute Gasteiger partial charge is 0.240 e. The number of nitrogens with one attached hydrogen (secondary N) is 2. The number of aromatic nitrogens is 2. The van der Waals surface area contributed by atoms with Crippen LogP contribution in [0, 0.1) is 0 Å². The Labute approximate surface area is 139 Å². The van der Waals surface area contributed by atoms with Crippen LogP contribution in [0.1, 0.15) is 0 Å². The van der Waals surface area contributed by atoms with Gasteiger partial charge in [0.25, 0.3) is 0 Å². The van der Waals surface area contributed by atoms with E-state index in [1.54, 1.807) is 25.3 Å². The second-order valence-corrected chi connectivity index (χ2v) is 6.85. The monoisotopic (exact) mass is 344 g/mol. The van der Waals surface area contributed by atoms with E-state index in [-0.39, 0.29) is 4.90 Å². The molecule has 0 bridgehead atoms. The number of hydrogen-bond donors (Lipinski definition) is 2. The minimum Gasteiger partial charge on any atom is -0.497 e. The highest BCUT2D eigenvalue weighted by molar-refractivity contribution is 7.89. The summed E-state index contributed by atoms with van der Waals surface area (Å²) in [6.45, 7) is 0. The molecule has 0 aliphatic carbocycles. The van der Waals surface area contributed by atoms with Crippen LogP contribution in [0.2, 0.25) is 0 Å². The second kappa shape index (κ2) is 6.42. The molecule has 8 heteroatoms. The van der Waals surface area contributed by atoms with E-state index in [4.69, 9.17) is 4.74 Å². The summed E-state index contributed by atoms with van der Waals surface area (Å²) >= 11 is 0. The SMILES string of the molecule is CNS(=O)(=O)c1cccc(Nc2ncnc3ccc(OC)cc23)c1. The topological polar surface area (TPSA) is 93.2 Å². The molecule has 0 saturated carbocycles. The van der Waals surface area contributed by atoms with Gasteiger partial charge in [0.1, 0.15) is 17.9 Å². The lowest BCUT2D eigenvalue weighted by molar-refractivity contribution is 0.415. The van der Waals surface area contributed by atoms with E-state index in [1.807, 2.05) is 18.2 Å². The number of benzene rings is 2. The van der Waals surface area contributed by atoms with E-state index in [0.717, 1.165) is 10.9 Å². The van der Waals surface area contributed by atoms with E-state index in [2.05, 4.69) is 20.0 Å². The molecule has 0 aliphatic heterocycles. The first-order chi connectivity index (χ1) is 11.5. The Morgan fingerprint density at radius 2 is 1.92 bits per heavy atom. The molecule has 1 heterocycles. The quantitative estimate of drug-likeness (QED) is 0.738. The van der Waals surface area contributed by atoms with Crippen molar-refractivity contribution in [1.29, 1.82) is 0 Å². The van der Waals surface area contributed by atoms with Crippen molar-refractivity contribution in [3.8, 4) is 5.75 Å². The first-order valence-corrected chi connectivity index (χ1v) is 8.61. The zero-order valence-electron chi connectivity index (χ0n) is 13.1. The molecule has 0 radical (unpaired) electrons. The number of ether oxygens (including phenoxy) is 1. The number of rotatable bonds is 5. The van der Waals surface area contributed by atoms with Gasteiger partial charge in [-0.1, -0.05) is 6.07 Å². The predicted molar refractivity (Wildman–Crippen MR) is 92.1 cm³/mol. The third-order valence-electron chi connectivity index (χ3n) is 3.52. The van der Waals surface area contributed by atoms with Crippen LogP contribution in [0.25, 0.3) is 10.9 Å². The summed E-state index contributed by atoms with van der Waals surface area (Å²) in [4.78, 5) is 8.64. The normalized spacial score (nSPS) is 11.4. The molecule has 1 aromatic heterocycles. The molecule has 0 saturated heterocycles. The van der Waals surface area contributed by atoms with E-state index >= 15 is 0 Å². The number of nitrogens with zero attached hydrogens (tertiary/aromatic N) is 2. The first kappa shape index (κ1) is 16.2. The Hall–Kier alpha value is -2.71. The van der Waals surface area contributed by atoms with Crippen molar-refractivity contribution >= 4 is 32.4 Å². The number of anilines is 2. The molecule has 124 valence electrons. The van der Waals surface area contributed by atoms with Gasteiger partial charge in [-0.05, 0) is 43.4 Å². The standard InChI is InChI=1S/C16H16N4O3S/c1-17-24(21,22)13-5-3-4-11(8-13)20-16-14-9-12(23-2)6-7-15(14)18-10-19-16/h3-10,17H,1-2H3,(H,18,19,20). The van der Waals surface area contributed by atoms with Gasteiger partial charge in [0.2, 0.25) is 10.0 Å². The van der Waals surface area contributed by atoms with E-state index in [9.17, 15) is 8.42 Å². The Morgan fingerprint density at radius 1 is 1.08 bits per heavy atom. The van der Waals surface area contributed by atoms with Crippen LogP contribution in [0.5, 0.6) is 5.75 Å². The fourth-order valence-corrected chi connectivity index (χ4v) is 3.03. The lowest BCUT2D eigenvalue weighted by Gasteiger charge is -2.10. The second-order valence-electron chi connectivity index (χ2n) is 4.97. The summed E-state index contributed by atoms with van der Waals surface area (Å²) < 4.78 is 31.4. The van der Waals surface area contributed by atoms with Crippen LogP contribution in [0.3, 0.4) is 0 Å². The molecule has 3 aromatic rings. The highest BCUT2D eigenvalue weighted by atomic mass is 32.2. The Bertz CT molecular complexity index is 990. The summed E-state index contributed by atoms with van der Waals surface area (Å²) in [5, 5.41) is 3.91. The summed E-state index contributed by atoms with van der Waals surface area (Å²) in [5.41, 5.74) is 1.36. The van der Waals surface area contributed by atoms with Gasteiger partial charge in [-0.15, -0.1) is 0 Å². The van der Waals surface area contributed by atoms with E-state index < -0.39 is 10.0 Å². The zero-order valence-corrected chi connectivity index (χ0v) is 14.0. The van der Waals surface area contributed by atoms with Crippen LogP contribution in [0.4, 0.5) is 11.5 Å². The molecule has 3 rings (SSSR count). The Balaban J connectivity index is 2.03. The molecule has 2 N–H and O–H groups in total. The van der Waals surface area contributed by atoms with Gasteiger partial charge in [0.15, 0.2) is 0 Å². The van der Waals surface area contributed by atoms with Gasteiger partial charge >= 0.3 is 0 Å². The van der Waals surface area contributed by atoms with Crippen LogP contribution in [0.15, 0.2) is 53.7 Å². The van der Waals surface area contributed by atoms with Crippen molar-refractivity contribution in [1.82, 2.24) is 14.7 Å². The fraction of sp³-hybridized carbons (Fsp3) is 0.125. The molecule has 7 nitrogen and oxygen atoms in total. The Kier molecular flexibility index (Phi) is 4.32. The molecule has 0 aliphatic rings. The highest BCUT2D eigenvalue weighted by Crippen LogP contribution is 2.27. The molecule has 0 amide bonds. The summed E-state index contributed by atoms with van der Waals surface area (Å²) in [7, 11) is -0.547. The number of fused-ring (bicyclic) bond motifs is 1. The zero-order chi connectivity index (χ0) is 17.2. The minimum absolute atomic E-state index is 0.172. The van der Waals surface area contributed by atoms with Gasteiger partial charge in [-0.3, -0.25) is 0 Å². The van der Waals surface area contributed by atoms with Gasteiger partial charge < -0.3 is 10.1 Å². The molecular weight excluding hydrogens is 328 g/mol. The van der Waals surface area contributed by atoms with Gasteiger partial charge in [0.05, 0.1) is 17.5 Å². The molecular formula is C16H16N4O3S. The maximum Gasteiger partial charge on any atom is 0.240 e. The molecule has 0 fully saturated rings. The van der Waals surface area contributed by atoms with Crippen LogP contribution in [-0.2, 0) is 10.0 Å². The third kappa shape index (κ3) is 3.15. The predicted octanol–water partition coefficient (Wildman–Crippen LogP) is 2.29. The molecule has 0 atom stereocenters. The van der Waals surface area contributed by atoms with Crippen molar-refractivity contribution in [2.24, 2.45) is 0 Å². The fourth-order valence-electron chi connectivity index (χ4n) is 2.26. The van der Waals surface area contributed by atoms with Gasteiger partial charge in [-0.2, -0.15) is 0 Å². The molecule has 0 unspecified atom stereocenters. The number of sulfonamides is 1. The summed E-state index contributed by atoms with van der Waals surface area (Å²) in [5.74, 6) is 1.25.